The number of hydrogen-bond donors (Lipinski definition) is 2. The number of rotatable bonds is 6. The summed E-state index contributed by atoms with van der Waals surface area (Å²) in [7, 11) is -3.74. The van der Waals surface area contributed by atoms with E-state index in [0.29, 0.717) is 10.7 Å². The van der Waals surface area contributed by atoms with Crippen molar-refractivity contribution in [2.75, 3.05) is 4.72 Å². The van der Waals surface area contributed by atoms with Gasteiger partial charge in [-0.25, -0.2) is 8.42 Å². The lowest BCUT2D eigenvalue weighted by Crippen LogP contribution is -2.41. The average molecular weight is 461 g/mol. The Kier molecular flexibility index (Phi) is 6.31. The van der Waals surface area contributed by atoms with Crippen LogP contribution >= 0.6 is 11.6 Å². The first-order valence-corrected chi connectivity index (χ1v) is 12.9. The van der Waals surface area contributed by atoms with Crippen molar-refractivity contribution >= 4 is 33.2 Å². The molecule has 2 aromatic carbocycles. The maximum atomic E-state index is 13.0. The van der Waals surface area contributed by atoms with Gasteiger partial charge in [0.2, 0.25) is 5.91 Å². The minimum Gasteiger partial charge on any atom is -0.353 e. The molecule has 2 aromatic rings. The van der Waals surface area contributed by atoms with Gasteiger partial charge in [0.25, 0.3) is 10.0 Å². The van der Waals surface area contributed by atoms with E-state index < -0.39 is 15.4 Å². The van der Waals surface area contributed by atoms with E-state index in [1.165, 1.54) is 37.8 Å². The fraction of sp³-hybridized carbons (Fsp3) is 0.458. The maximum Gasteiger partial charge on any atom is 0.261 e. The fourth-order valence-corrected chi connectivity index (χ4v) is 5.66. The Hall–Kier alpha value is -2.05. The van der Waals surface area contributed by atoms with Crippen molar-refractivity contribution in [3.63, 3.8) is 0 Å². The summed E-state index contributed by atoms with van der Waals surface area (Å²) in [5.74, 6) is 0.113. The third-order valence-electron chi connectivity index (χ3n) is 6.52. The van der Waals surface area contributed by atoms with Crippen LogP contribution in [0.4, 0.5) is 5.69 Å². The molecule has 0 bridgehead atoms. The summed E-state index contributed by atoms with van der Waals surface area (Å²) < 4.78 is 28.0. The molecular weight excluding hydrogens is 432 g/mol. The van der Waals surface area contributed by atoms with Crippen LogP contribution in [0.25, 0.3) is 0 Å². The first kappa shape index (κ1) is 22.2. The maximum absolute atomic E-state index is 13.0. The predicted molar refractivity (Wildman–Crippen MR) is 124 cm³/mol. The van der Waals surface area contributed by atoms with Gasteiger partial charge in [-0.2, -0.15) is 0 Å². The van der Waals surface area contributed by atoms with Crippen LogP contribution in [0.15, 0.2) is 47.4 Å². The lowest BCUT2D eigenvalue weighted by atomic mass is 9.94. The van der Waals surface area contributed by atoms with E-state index >= 15 is 0 Å². The van der Waals surface area contributed by atoms with Gasteiger partial charge >= 0.3 is 0 Å². The molecule has 4 rings (SSSR count). The van der Waals surface area contributed by atoms with Crippen LogP contribution in [0.3, 0.4) is 0 Å². The zero-order valence-electron chi connectivity index (χ0n) is 17.8. The van der Waals surface area contributed by atoms with Crippen LogP contribution in [-0.2, 0) is 20.2 Å². The van der Waals surface area contributed by atoms with Gasteiger partial charge in [0, 0.05) is 16.8 Å². The summed E-state index contributed by atoms with van der Waals surface area (Å²) in [6, 6.07) is 12.1. The van der Waals surface area contributed by atoms with Gasteiger partial charge in [-0.3, -0.25) is 9.52 Å². The molecule has 2 fully saturated rings. The summed E-state index contributed by atoms with van der Waals surface area (Å²) in [6.07, 6.45) is 8.65. The third-order valence-corrected chi connectivity index (χ3v) is 8.30. The monoisotopic (exact) mass is 460 g/mol. The van der Waals surface area contributed by atoms with Gasteiger partial charge < -0.3 is 5.32 Å². The number of benzene rings is 2. The van der Waals surface area contributed by atoms with Gasteiger partial charge in [0.15, 0.2) is 0 Å². The van der Waals surface area contributed by atoms with Crippen molar-refractivity contribution in [2.45, 2.75) is 74.6 Å². The second-order valence-electron chi connectivity index (χ2n) is 8.84. The quantitative estimate of drug-likeness (QED) is 0.573. The van der Waals surface area contributed by atoms with Crippen LogP contribution < -0.4 is 10.0 Å². The molecular formula is C24H29ClN2O3S. The number of sulfonamides is 1. The van der Waals surface area contributed by atoms with Gasteiger partial charge in [-0.05, 0) is 68.0 Å². The molecule has 2 aliphatic carbocycles. The number of anilines is 1. The molecule has 31 heavy (non-hydrogen) atoms. The van der Waals surface area contributed by atoms with E-state index in [1.807, 2.05) is 19.1 Å². The molecule has 166 valence electrons. The predicted octanol–water partition coefficient (Wildman–Crippen LogP) is 5.32. The molecule has 5 nitrogen and oxygen atoms in total. The smallest absolute Gasteiger partial charge is 0.261 e. The first-order chi connectivity index (χ1) is 14.8. The summed E-state index contributed by atoms with van der Waals surface area (Å²) in [6.45, 7) is 1.82. The number of amides is 1. The Morgan fingerprint density at radius 2 is 1.65 bits per heavy atom. The molecule has 7 heteroatoms. The van der Waals surface area contributed by atoms with Crippen molar-refractivity contribution in [3.8, 4) is 0 Å². The van der Waals surface area contributed by atoms with Crippen LogP contribution in [0.5, 0.6) is 0 Å². The highest BCUT2D eigenvalue weighted by Crippen LogP contribution is 2.49. The lowest BCUT2D eigenvalue weighted by Gasteiger charge is -2.22. The van der Waals surface area contributed by atoms with E-state index in [9.17, 15) is 13.2 Å². The lowest BCUT2D eigenvalue weighted by molar-refractivity contribution is -0.124. The Balaban J connectivity index is 1.45. The molecule has 2 aliphatic rings. The SMILES string of the molecule is Cc1ccc(S(=O)(=O)Nc2ccc(C3(C(=O)NC4CCCCCC4)CC3)cc2)cc1Cl. The van der Waals surface area contributed by atoms with E-state index in [2.05, 4.69) is 10.0 Å². The van der Waals surface area contributed by atoms with Crippen molar-refractivity contribution < 1.29 is 13.2 Å². The van der Waals surface area contributed by atoms with E-state index in [1.54, 1.807) is 18.2 Å². The van der Waals surface area contributed by atoms with Crippen molar-refractivity contribution in [1.82, 2.24) is 5.32 Å². The highest BCUT2D eigenvalue weighted by molar-refractivity contribution is 7.92. The van der Waals surface area contributed by atoms with E-state index in [-0.39, 0.29) is 16.8 Å². The van der Waals surface area contributed by atoms with Crippen molar-refractivity contribution in [1.29, 1.82) is 0 Å². The first-order valence-electron chi connectivity index (χ1n) is 11.0. The van der Waals surface area contributed by atoms with E-state index in [4.69, 9.17) is 11.6 Å². The largest absolute Gasteiger partial charge is 0.353 e. The summed E-state index contributed by atoms with van der Waals surface area (Å²) in [5.41, 5.74) is 1.76. The topological polar surface area (TPSA) is 75.3 Å². The van der Waals surface area contributed by atoms with Gasteiger partial charge in [-0.15, -0.1) is 0 Å². The van der Waals surface area contributed by atoms with E-state index in [0.717, 1.165) is 36.8 Å². The van der Waals surface area contributed by atoms with Gasteiger partial charge in [-0.1, -0.05) is 55.5 Å². The Morgan fingerprint density at radius 1 is 1.00 bits per heavy atom. The summed E-state index contributed by atoms with van der Waals surface area (Å²) in [5, 5.41) is 3.69. The van der Waals surface area contributed by atoms with Crippen LogP contribution in [0.1, 0.15) is 62.5 Å². The second-order valence-corrected chi connectivity index (χ2v) is 10.9. The molecule has 0 radical (unpaired) electrons. The molecule has 0 aromatic heterocycles. The molecule has 0 spiro atoms. The number of aryl methyl sites for hydroxylation is 1. The minimum atomic E-state index is -3.74. The number of hydrogen-bond acceptors (Lipinski definition) is 3. The number of halogens is 1. The van der Waals surface area contributed by atoms with Crippen molar-refractivity contribution in [2.24, 2.45) is 0 Å². The minimum absolute atomic E-state index is 0.113. The molecule has 2 N–H and O–H groups in total. The average Bonchev–Trinajstić information content (AvgIpc) is 3.56. The zero-order valence-corrected chi connectivity index (χ0v) is 19.4. The number of carbonyl (C=O) groups is 1. The highest BCUT2D eigenvalue weighted by atomic mass is 35.5. The number of nitrogens with one attached hydrogen (secondary N) is 2. The fourth-order valence-electron chi connectivity index (χ4n) is 4.33. The molecule has 1 amide bonds. The Bertz CT molecular complexity index is 1050. The van der Waals surface area contributed by atoms with Gasteiger partial charge in [0.1, 0.15) is 0 Å². The standard InChI is InChI=1S/C24H29ClN2O3S/c1-17-8-13-21(16-22(17)25)31(29,30)27-20-11-9-18(10-12-20)24(14-15-24)23(28)26-19-6-4-2-3-5-7-19/h8-13,16,19,27H,2-7,14-15H2,1H3,(H,26,28). The Morgan fingerprint density at radius 3 is 2.23 bits per heavy atom. The zero-order chi connectivity index (χ0) is 22.1. The summed E-state index contributed by atoms with van der Waals surface area (Å²) >= 11 is 6.08. The second kappa shape index (κ2) is 8.83. The highest BCUT2D eigenvalue weighted by Gasteiger charge is 2.51. The third kappa shape index (κ3) is 4.90. The van der Waals surface area contributed by atoms with Crippen LogP contribution in [-0.4, -0.2) is 20.4 Å². The normalized spacial score (nSPS) is 18.8. The van der Waals surface area contributed by atoms with Crippen LogP contribution in [0.2, 0.25) is 5.02 Å². The van der Waals surface area contributed by atoms with Gasteiger partial charge in [0.05, 0.1) is 10.3 Å². The van der Waals surface area contributed by atoms with Crippen molar-refractivity contribution in [3.05, 3.63) is 58.6 Å². The molecule has 0 saturated heterocycles. The number of carbonyl (C=O) groups excluding carboxylic acids is 1. The molecule has 0 heterocycles. The molecule has 0 unspecified atom stereocenters. The Labute approximate surface area is 189 Å². The van der Waals surface area contributed by atoms with Crippen LogP contribution in [0, 0.1) is 6.92 Å². The molecule has 0 atom stereocenters. The molecule has 2 saturated carbocycles. The molecule has 0 aliphatic heterocycles. The summed E-state index contributed by atoms with van der Waals surface area (Å²) in [4.78, 5) is 13.2.